The second kappa shape index (κ2) is 10.4. The molecule has 0 saturated heterocycles. The first kappa shape index (κ1) is 25.2. The second-order valence-electron chi connectivity index (χ2n) is 11.0. The van der Waals surface area contributed by atoms with Gasteiger partial charge in [0.05, 0.1) is 24.8 Å². The lowest BCUT2D eigenvalue weighted by atomic mass is 9.97. The maximum Gasteiger partial charge on any atom is 0.229 e. The number of carbonyl (C=O) groups excluding carboxylic acids is 2. The lowest BCUT2D eigenvalue weighted by Gasteiger charge is -2.22. The Morgan fingerprint density at radius 2 is 2.00 bits per heavy atom. The molecule has 2 aromatic rings. The Kier molecular flexibility index (Phi) is 7.47. The molecule has 0 radical (unpaired) electrons. The van der Waals surface area contributed by atoms with E-state index in [1.807, 2.05) is 16.8 Å². The highest BCUT2D eigenvalue weighted by molar-refractivity contribution is 5.91. The third-order valence-corrected chi connectivity index (χ3v) is 7.23. The number of methoxy groups -OCH3 is 1. The van der Waals surface area contributed by atoms with Crippen LogP contribution in [0.5, 0.6) is 5.88 Å². The van der Waals surface area contributed by atoms with Crippen LogP contribution in [-0.4, -0.2) is 40.2 Å². The molecule has 2 fully saturated rings. The van der Waals surface area contributed by atoms with Crippen LogP contribution >= 0.6 is 0 Å². The van der Waals surface area contributed by atoms with Gasteiger partial charge in [-0.05, 0) is 76.3 Å². The molecule has 190 valence electrons. The summed E-state index contributed by atoms with van der Waals surface area (Å²) in [4.78, 5) is 29.3. The van der Waals surface area contributed by atoms with Gasteiger partial charge in [-0.1, -0.05) is 6.92 Å². The van der Waals surface area contributed by atoms with Gasteiger partial charge in [-0.2, -0.15) is 5.10 Å². The summed E-state index contributed by atoms with van der Waals surface area (Å²) in [6.07, 6.45) is 7.15. The molecule has 8 nitrogen and oxygen atoms in total. The van der Waals surface area contributed by atoms with Crippen molar-refractivity contribution in [3.63, 3.8) is 0 Å². The quantitative estimate of drug-likeness (QED) is 0.557. The first-order chi connectivity index (χ1) is 16.7. The first-order valence-electron chi connectivity index (χ1n) is 12.9. The molecule has 0 aromatic carbocycles. The van der Waals surface area contributed by atoms with Crippen LogP contribution in [-0.2, 0) is 21.5 Å². The van der Waals surface area contributed by atoms with Crippen molar-refractivity contribution >= 4 is 17.6 Å². The Hall–Kier alpha value is -2.90. The lowest BCUT2D eigenvalue weighted by Crippen LogP contribution is -2.27. The summed E-state index contributed by atoms with van der Waals surface area (Å²) in [5.74, 6) is 3.00. The van der Waals surface area contributed by atoms with E-state index in [9.17, 15) is 9.59 Å². The number of nitrogens with zero attached hydrogens (tertiary/aromatic N) is 3. The molecular weight excluding hydrogens is 442 g/mol. The first-order valence-corrected chi connectivity index (χ1v) is 12.9. The normalized spacial score (nSPS) is 23.7. The van der Waals surface area contributed by atoms with E-state index < -0.39 is 0 Å². The minimum absolute atomic E-state index is 0.0987. The number of anilines is 1. The lowest BCUT2D eigenvalue weighted by molar-refractivity contribution is -0.122. The van der Waals surface area contributed by atoms with E-state index in [1.54, 1.807) is 19.4 Å². The van der Waals surface area contributed by atoms with E-state index in [2.05, 4.69) is 43.3 Å². The molecule has 2 saturated carbocycles. The summed E-state index contributed by atoms with van der Waals surface area (Å²) in [5.41, 5.74) is 1.62. The number of amides is 2. The van der Waals surface area contributed by atoms with E-state index in [0.717, 1.165) is 55.7 Å². The molecule has 0 bridgehead atoms. The summed E-state index contributed by atoms with van der Waals surface area (Å²) >= 11 is 0. The molecule has 2 aliphatic carbocycles. The number of hydrogen-bond acceptors (Lipinski definition) is 5. The SMILES string of the molecule is CCCNC(=O)C1CC1[C@@H]1CC[C@H](c2cc(NC(=O)Cc3ccnc(OC)c3)n(C(C)(C)C)n2)C1. The van der Waals surface area contributed by atoms with Crippen molar-refractivity contribution in [2.24, 2.45) is 17.8 Å². The molecule has 8 heteroatoms. The van der Waals surface area contributed by atoms with Crippen molar-refractivity contribution < 1.29 is 14.3 Å². The van der Waals surface area contributed by atoms with Gasteiger partial charge in [0.1, 0.15) is 5.82 Å². The van der Waals surface area contributed by atoms with Crippen LogP contribution in [0.3, 0.4) is 0 Å². The number of nitrogens with one attached hydrogen (secondary N) is 2. The van der Waals surface area contributed by atoms with Crippen molar-refractivity contribution in [2.45, 2.75) is 77.7 Å². The van der Waals surface area contributed by atoms with Crippen LogP contribution in [0, 0.1) is 17.8 Å². The number of rotatable bonds is 9. The highest BCUT2D eigenvalue weighted by Gasteiger charge is 2.49. The molecule has 4 rings (SSSR count). The average Bonchev–Trinajstić information content (AvgIpc) is 3.25. The number of carbonyl (C=O) groups is 2. The van der Waals surface area contributed by atoms with E-state index >= 15 is 0 Å². The van der Waals surface area contributed by atoms with Crippen LogP contribution in [0.15, 0.2) is 24.4 Å². The van der Waals surface area contributed by atoms with Crippen molar-refractivity contribution in [3.05, 3.63) is 35.7 Å². The van der Waals surface area contributed by atoms with Gasteiger partial charge >= 0.3 is 0 Å². The molecule has 2 aromatic heterocycles. The van der Waals surface area contributed by atoms with Gasteiger partial charge in [0.2, 0.25) is 17.7 Å². The van der Waals surface area contributed by atoms with Crippen LogP contribution in [0.2, 0.25) is 0 Å². The Morgan fingerprint density at radius 3 is 2.71 bits per heavy atom. The standard InChI is InChI=1S/C27H39N5O3/c1-6-10-29-26(34)21-15-20(21)18-7-8-19(14-18)22-16-23(32(31-22)27(2,3)4)30-24(33)12-17-9-11-28-25(13-17)35-5/h9,11,13,16,18-21H,6-8,10,12,14-15H2,1-5H3,(H,29,34)(H,30,33)/t18-,19+,20?,21?/m1/s1. The molecule has 2 aliphatic rings. The molecule has 2 N–H and O–H groups in total. The number of pyridine rings is 1. The van der Waals surface area contributed by atoms with Gasteiger partial charge in [-0.15, -0.1) is 0 Å². The highest BCUT2D eigenvalue weighted by atomic mass is 16.5. The van der Waals surface area contributed by atoms with Crippen LogP contribution in [0.25, 0.3) is 0 Å². The zero-order chi connectivity index (χ0) is 25.2. The summed E-state index contributed by atoms with van der Waals surface area (Å²) < 4.78 is 7.10. The zero-order valence-corrected chi connectivity index (χ0v) is 21.6. The van der Waals surface area contributed by atoms with Gasteiger partial charge in [-0.25, -0.2) is 9.67 Å². The van der Waals surface area contributed by atoms with Crippen LogP contribution < -0.4 is 15.4 Å². The van der Waals surface area contributed by atoms with Crippen molar-refractivity contribution in [2.75, 3.05) is 19.0 Å². The third-order valence-electron chi connectivity index (χ3n) is 7.23. The predicted molar refractivity (Wildman–Crippen MR) is 135 cm³/mol. The predicted octanol–water partition coefficient (Wildman–Crippen LogP) is 4.27. The van der Waals surface area contributed by atoms with Crippen molar-refractivity contribution in [1.29, 1.82) is 0 Å². The summed E-state index contributed by atoms with van der Waals surface area (Å²) in [5, 5.41) is 11.1. The molecule has 2 amide bonds. The van der Waals surface area contributed by atoms with Gasteiger partial charge in [0, 0.05) is 36.7 Å². The van der Waals surface area contributed by atoms with Gasteiger partial charge in [-0.3, -0.25) is 9.59 Å². The average molecular weight is 482 g/mol. The van der Waals surface area contributed by atoms with Gasteiger partial charge in [0.25, 0.3) is 0 Å². The minimum Gasteiger partial charge on any atom is -0.481 e. The third kappa shape index (κ3) is 6.03. The molecular formula is C27H39N5O3. The van der Waals surface area contributed by atoms with Gasteiger partial charge < -0.3 is 15.4 Å². The topological polar surface area (TPSA) is 98.1 Å². The number of hydrogen-bond donors (Lipinski definition) is 2. The van der Waals surface area contributed by atoms with E-state index in [1.165, 1.54) is 0 Å². The van der Waals surface area contributed by atoms with Crippen LogP contribution in [0.1, 0.15) is 77.0 Å². The maximum atomic E-state index is 12.9. The van der Waals surface area contributed by atoms with E-state index in [4.69, 9.17) is 9.84 Å². The number of aromatic nitrogens is 3. The fourth-order valence-electron chi connectivity index (χ4n) is 5.33. The number of ether oxygens (including phenoxy) is 1. The Balaban J connectivity index is 1.41. The van der Waals surface area contributed by atoms with Crippen LogP contribution in [0.4, 0.5) is 5.82 Å². The Morgan fingerprint density at radius 1 is 1.20 bits per heavy atom. The van der Waals surface area contributed by atoms with E-state index in [-0.39, 0.29) is 29.7 Å². The Bertz CT molecular complexity index is 1060. The molecule has 4 atom stereocenters. The largest absolute Gasteiger partial charge is 0.481 e. The monoisotopic (exact) mass is 481 g/mol. The smallest absolute Gasteiger partial charge is 0.229 e. The highest BCUT2D eigenvalue weighted by Crippen LogP contribution is 2.53. The maximum absolute atomic E-state index is 12.9. The molecule has 2 unspecified atom stereocenters. The van der Waals surface area contributed by atoms with E-state index in [0.29, 0.717) is 23.6 Å². The Labute approximate surface area is 208 Å². The summed E-state index contributed by atoms with van der Waals surface area (Å²) in [7, 11) is 1.56. The summed E-state index contributed by atoms with van der Waals surface area (Å²) in [6, 6.07) is 5.64. The molecule has 0 spiro atoms. The second-order valence-corrected chi connectivity index (χ2v) is 11.0. The fourth-order valence-corrected chi connectivity index (χ4v) is 5.33. The van der Waals surface area contributed by atoms with Gasteiger partial charge in [0.15, 0.2) is 0 Å². The molecule has 2 heterocycles. The zero-order valence-electron chi connectivity index (χ0n) is 21.6. The molecule has 0 aliphatic heterocycles. The molecule has 35 heavy (non-hydrogen) atoms. The van der Waals surface area contributed by atoms with Crippen molar-refractivity contribution in [1.82, 2.24) is 20.1 Å². The fraction of sp³-hybridized carbons (Fsp3) is 0.630. The minimum atomic E-state index is -0.266. The summed E-state index contributed by atoms with van der Waals surface area (Å²) in [6.45, 7) is 9.12. The van der Waals surface area contributed by atoms with Crippen molar-refractivity contribution in [3.8, 4) is 5.88 Å².